The van der Waals surface area contributed by atoms with E-state index in [1.54, 1.807) is 24.2 Å². The lowest BCUT2D eigenvalue weighted by atomic mass is 10.0. The fourth-order valence-corrected chi connectivity index (χ4v) is 3.02. The molecule has 4 heteroatoms. The molecule has 1 unspecified atom stereocenters. The van der Waals surface area contributed by atoms with E-state index >= 15 is 0 Å². The van der Waals surface area contributed by atoms with Crippen LogP contribution in [0.2, 0.25) is 0 Å². The van der Waals surface area contributed by atoms with Gasteiger partial charge in [0.05, 0.1) is 11.6 Å². The van der Waals surface area contributed by atoms with Crippen molar-refractivity contribution >= 4 is 5.94 Å². The molecule has 0 saturated carbocycles. The second-order valence-electron chi connectivity index (χ2n) is 7.33. The molecule has 0 aromatic carbocycles. The number of allylic oxidation sites excluding steroid dienone is 1. The summed E-state index contributed by atoms with van der Waals surface area (Å²) < 4.78 is 0. The largest absolute Gasteiger partial charge is 0.412 e. The average molecular weight is 381 g/mol. The molecule has 0 fully saturated rings. The van der Waals surface area contributed by atoms with Crippen LogP contribution in [0.15, 0.2) is 29.5 Å². The molecule has 27 heavy (non-hydrogen) atoms. The van der Waals surface area contributed by atoms with Crippen LogP contribution >= 0.6 is 0 Å². The molecule has 0 spiro atoms. The van der Waals surface area contributed by atoms with Gasteiger partial charge in [0.25, 0.3) is 0 Å². The molecule has 1 aliphatic carbocycles. The molecule has 0 saturated heterocycles. The standard InChI is InChI=1S/C16H34.C7H8N2O.H2O/c1-3-5-7-9-11-13-15-16-14-12-10-8-6-4-2;8-6-2-1-5(4-10)7(9)3-6;/h3-16H2,1-2H3;1-3,7H,8-9H2;1H2. The monoisotopic (exact) mass is 380 g/mol. The number of carbonyl (C=O) groups excluding carboxylic acids is 1. The smallest absolute Gasteiger partial charge is 0.129 e. The number of hydrogen-bond acceptors (Lipinski definition) is 3. The van der Waals surface area contributed by atoms with E-state index in [1.165, 1.54) is 89.9 Å². The van der Waals surface area contributed by atoms with Gasteiger partial charge in [-0.1, -0.05) is 104 Å². The third-order valence-electron chi connectivity index (χ3n) is 4.76. The molecule has 0 amide bonds. The van der Waals surface area contributed by atoms with Gasteiger partial charge in [0.2, 0.25) is 0 Å². The van der Waals surface area contributed by atoms with Crippen LogP contribution in [-0.4, -0.2) is 17.5 Å². The van der Waals surface area contributed by atoms with Crippen molar-refractivity contribution in [3.8, 4) is 0 Å². The van der Waals surface area contributed by atoms with Crippen LogP contribution in [0.5, 0.6) is 0 Å². The Bertz CT molecular complexity index is 424. The molecular formula is C23H44N2O2. The summed E-state index contributed by atoms with van der Waals surface area (Å²) in [5.41, 5.74) is 11.9. The molecule has 0 aromatic rings. The Morgan fingerprint density at radius 1 is 0.778 bits per heavy atom. The Morgan fingerprint density at radius 2 is 1.15 bits per heavy atom. The van der Waals surface area contributed by atoms with E-state index in [1.807, 2.05) is 0 Å². The molecule has 1 rings (SSSR count). The summed E-state index contributed by atoms with van der Waals surface area (Å²) in [4.78, 5) is 10.1. The van der Waals surface area contributed by atoms with E-state index < -0.39 is 0 Å². The van der Waals surface area contributed by atoms with Crippen LogP contribution in [0.25, 0.3) is 0 Å². The van der Waals surface area contributed by atoms with Crippen molar-refractivity contribution in [2.45, 2.75) is 110 Å². The van der Waals surface area contributed by atoms with Gasteiger partial charge in [-0.05, 0) is 18.2 Å². The lowest BCUT2D eigenvalue weighted by Gasteiger charge is -2.09. The van der Waals surface area contributed by atoms with Crippen molar-refractivity contribution in [3.05, 3.63) is 29.5 Å². The Kier molecular flexibility index (Phi) is 21.6. The summed E-state index contributed by atoms with van der Waals surface area (Å²) >= 11 is 0. The molecule has 4 nitrogen and oxygen atoms in total. The minimum Gasteiger partial charge on any atom is -0.412 e. The first-order valence-electron chi connectivity index (χ1n) is 10.8. The number of rotatable bonds is 13. The van der Waals surface area contributed by atoms with Crippen molar-refractivity contribution in [1.82, 2.24) is 0 Å². The zero-order valence-electron chi connectivity index (χ0n) is 17.8. The Hall–Kier alpha value is -1.35. The van der Waals surface area contributed by atoms with Crippen LogP contribution < -0.4 is 11.5 Å². The maximum absolute atomic E-state index is 10.1. The van der Waals surface area contributed by atoms with Gasteiger partial charge in [-0.25, -0.2) is 4.79 Å². The lowest BCUT2D eigenvalue weighted by Crippen LogP contribution is -2.23. The summed E-state index contributed by atoms with van der Waals surface area (Å²) in [6, 6.07) is -0.387. The van der Waals surface area contributed by atoms with E-state index in [0.717, 1.165) is 0 Å². The van der Waals surface area contributed by atoms with Crippen molar-refractivity contribution in [1.29, 1.82) is 0 Å². The number of nitrogens with two attached hydrogens (primary N) is 2. The second-order valence-corrected chi connectivity index (χ2v) is 7.33. The Morgan fingerprint density at radius 3 is 1.44 bits per heavy atom. The van der Waals surface area contributed by atoms with E-state index in [-0.39, 0.29) is 11.5 Å². The van der Waals surface area contributed by atoms with Crippen LogP contribution in [0.3, 0.4) is 0 Å². The van der Waals surface area contributed by atoms with Crippen molar-refractivity contribution in [2.24, 2.45) is 11.5 Å². The zero-order chi connectivity index (χ0) is 19.5. The third kappa shape index (κ3) is 17.8. The molecule has 0 radical (unpaired) electrons. The van der Waals surface area contributed by atoms with E-state index in [4.69, 9.17) is 11.5 Å². The topological polar surface area (TPSA) is 101 Å². The highest BCUT2D eigenvalue weighted by atomic mass is 16.1. The summed E-state index contributed by atoms with van der Waals surface area (Å²) in [5.74, 6) is 1.73. The van der Waals surface area contributed by atoms with Crippen molar-refractivity contribution in [2.75, 3.05) is 0 Å². The molecular weight excluding hydrogens is 336 g/mol. The van der Waals surface area contributed by atoms with Gasteiger partial charge in [0.1, 0.15) is 5.94 Å². The predicted octanol–water partition coefficient (Wildman–Crippen LogP) is 5.15. The Balaban J connectivity index is 0. The fourth-order valence-electron chi connectivity index (χ4n) is 3.02. The SMILES string of the molecule is CCCCCCCCCCCCCCCC.NC1=CC(N)C(=C=O)C=C1.O. The lowest BCUT2D eigenvalue weighted by molar-refractivity contribution is 0.538. The third-order valence-corrected chi connectivity index (χ3v) is 4.76. The van der Waals surface area contributed by atoms with Gasteiger partial charge in [-0.15, -0.1) is 0 Å². The molecule has 6 N–H and O–H groups in total. The van der Waals surface area contributed by atoms with Crippen molar-refractivity contribution in [3.63, 3.8) is 0 Å². The quantitative estimate of drug-likeness (QED) is 0.341. The van der Waals surface area contributed by atoms with Crippen molar-refractivity contribution < 1.29 is 10.3 Å². The highest BCUT2D eigenvalue weighted by Crippen LogP contribution is 2.12. The first-order valence-corrected chi connectivity index (χ1v) is 10.8. The van der Waals surface area contributed by atoms with Gasteiger partial charge < -0.3 is 16.9 Å². The van der Waals surface area contributed by atoms with Gasteiger partial charge in [-0.2, -0.15) is 0 Å². The van der Waals surface area contributed by atoms with E-state index in [0.29, 0.717) is 11.3 Å². The average Bonchev–Trinajstić information content (AvgIpc) is 2.63. The van der Waals surface area contributed by atoms with E-state index in [9.17, 15) is 4.79 Å². The van der Waals surface area contributed by atoms with E-state index in [2.05, 4.69) is 13.8 Å². The van der Waals surface area contributed by atoms with Crippen LogP contribution in [0.1, 0.15) is 104 Å². The minimum atomic E-state index is -0.387. The predicted molar refractivity (Wildman–Crippen MR) is 118 cm³/mol. The molecule has 158 valence electrons. The van der Waals surface area contributed by atoms with Gasteiger partial charge in [-0.3, -0.25) is 0 Å². The zero-order valence-corrected chi connectivity index (χ0v) is 17.8. The van der Waals surface area contributed by atoms with Gasteiger partial charge >= 0.3 is 0 Å². The first kappa shape index (κ1) is 27.9. The van der Waals surface area contributed by atoms with Crippen LogP contribution in [-0.2, 0) is 4.79 Å². The second kappa shape index (κ2) is 21.0. The Labute approximate surface area is 167 Å². The minimum absolute atomic E-state index is 0. The highest BCUT2D eigenvalue weighted by Gasteiger charge is 2.08. The van der Waals surface area contributed by atoms with Gasteiger partial charge in [0.15, 0.2) is 0 Å². The van der Waals surface area contributed by atoms with Crippen LogP contribution in [0.4, 0.5) is 0 Å². The summed E-state index contributed by atoms with van der Waals surface area (Å²) in [5, 5.41) is 0. The van der Waals surface area contributed by atoms with Crippen LogP contribution in [0, 0.1) is 0 Å². The maximum atomic E-state index is 10.1. The molecule has 1 aliphatic rings. The maximum Gasteiger partial charge on any atom is 0.129 e. The molecule has 0 bridgehead atoms. The fraction of sp³-hybridized carbons (Fsp3) is 0.739. The normalized spacial score (nSPS) is 15.3. The first-order chi connectivity index (χ1) is 12.7. The molecule has 0 aromatic heterocycles. The summed E-state index contributed by atoms with van der Waals surface area (Å²) in [7, 11) is 0. The van der Waals surface area contributed by atoms with Gasteiger partial charge in [0, 0.05) is 5.70 Å². The molecule has 0 heterocycles. The number of unbranched alkanes of at least 4 members (excludes halogenated alkanes) is 13. The molecule has 0 aliphatic heterocycles. The summed E-state index contributed by atoms with van der Waals surface area (Å²) in [6.45, 7) is 4.58. The number of hydrogen-bond donors (Lipinski definition) is 2. The summed E-state index contributed by atoms with van der Waals surface area (Å²) in [6.07, 6.45) is 25.2. The molecule has 1 atom stereocenters. The highest BCUT2D eigenvalue weighted by molar-refractivity contribution is 5.62.